The Labute approximate surface area is 197 Å². The maximum atomic E-state index is 11.6. The summed E-state index contributed by atoms with van der Waals surface area (Å²) in [5.74, 6) is 0.138. The molecule has 0 fully saturated rings. The molecule has 27 heavy (non-hydrogen) atoms. The SMILES string of the molecule is CCCCCCCc1ssc(=S)c1Cc1ccc(OC)c(S(=O)(=O)O)c1.[H-].[Na+]. The molecule has 4 nitrogen and oxygen atoms in total. The van der Waals surface area contributed by atoms with Crippen LogP contribution in [0, 0.1) is 3.82 Å². The molecule has 0 aliphatic heterocycles. The van der Waals surface area contributed by atoms with Crippen LogP contribution in [0.15, 0.2) is 23.1 Å². The molecule has 0 aliphatic rings. The fraction of sp³-hybridized carbons (Fsp3) is 0.500. The Morgan fingerprint density at radius 2 is 1.89 bits per heavy atom. The van der Waals surface area contributed by atoms with E-state index < -0.39 is 10.1 Å². The number of methoxy groups -OCH3 is 1. The second-order valence-electron chi connectivity index (χ2n) is 6.16. The van der Waals surface area contributed by atoms with Crippen molar-refractivity contribution in [3.63, 3.8) is 0 Å². The molecule has 1 N–H and O–H groups in total. The van der Waals surface area contributed by atoms with E-state index in [2.05, 4.69) is 6.92 Å². The van der Waals surface area contributed by atoms with Gasteiger partial charge in [0.15, 0.2) is 0 Å². The van der Waals surface area contributed by atoms with Crippen LogP contribution in [-0.2, 0) is 23.0 Å². The molecule has 1 aromatic carbocycles. The van der Waals surface area contributed by atoms with Gasteiger partial charge in [-0.2, -0.15) is 8.42 Å². The van der Waals surface area contributed by atoms with Gasteiger partial charge in [-0.15, -0.1) is 0 Å². The quantitative estimate of drug-likeness (QED) is 0.196. The van der Waals surface area contributed by atoms with E-state index in [1.165, 1.54) is 43.7 Å². The number of hydrogen-bond acceptors (Lipinski definition) is 6. The Balaban J connectivity index is 0.00000364. The summed E-state index contributed by atoms with van der Waals surface area (Å²) in [6.07, 6.45) is 7.71. The molecule has 1 aromatic heterocycles. The van der Waals surface area contributed by atoms with Crippen molar-refractivity contribution in [1.82, 2.24) is 0 Å². The molecular weight excluding hydrogens is 431 g/mol. The number of benzene rings is 1. The van der Waals surface area contributed by atoms with Gasteiger partial charge in [0, 0.05) is 11.3 Å². The van der Waals surface area contributed by atoms with Gasteiger partial charge in [0.1, 0.15) is 14.5 Å². The van der Waals surface area contributed by atoms with Crippen LogP contribution in [-0.4, -0.2) is 20.1 Å². The van der Waals surface area contributed by atoms with Crippen LogP contribution in [0.2, 0.25) is 0 Å². The molecule has 2 rings (SSSR count). The average Bonchev–Trinajstić information content (AvgIpc) is 2.94. The first kappa shape index (κ1) is 25.2. The standard InChI is InChI=1S/C18H24O4S4.Na.H/c1-3-4-5-6-7-8-16-14(18(23)25-24-16)11-13-9-10-15(22-2)17(12-13)26(19,20)21;;/h9-10,12H,3-8,11H2,1-2H3,(H,19,20,21);;/q;+1;-1. The van der Waals surface area contributed by atoms with Crippen molar-refractivity contribution in [3.05, 3.63) is 38.0 Å². The summed E-state index contributed by atoms with van der Waals surface area (Å²) >= 11 is 5.48. The first-order chi connectivity index (χ1) is 12.4. The van der Waals surface area contributed by atoms with Crippen molar-refractivity contribution in [3.8, 4) is 5.75 Å². The Kier molecular flexibility index (Phi) is 11.2. The van der Waals surface area contributed by atoms with Gasteiger partial charge in [0.05, 0.1) is 7.11 Å². The summed E-state index contributed by atoms with van der Waals surface area (Å²) in [5.41, 5.74) is 1.90. The van der Waals surface area contributed by atoms with E-state index in [0.29, 0.717) is 6.42 Å². The fourth-order valence-electron chi connectivity index (χ4n) is 2.79. The van der Waals surface area contributed by atoms with Gasteiger partial charge in [0.2, 0.25) is 0 Å². The van der Waals surface area contributed by atoms with Gasteiger partial charge in [0.25, 0.3) is 10.1 Å². The molecule has 0 amide bonds. The summed E-state index contributed by atoms with van der Waals surface area (Å²) in [6, 6.07) is 4.85. The third kappa shape index (κ3) is 7.51. The molecule has 0 saturated carbocycles. The van der Waals surface area contributed by atoms with E-state index in [1.54, 1.807) is 26.7 Å². The van der Waals surface area contributed by atoms with Crippen molar-refractivity contribution < 1.29 is 48.7 Å². The van der Waals surface area contributed by atoms with Gasteiger partial charge in [-0.1, -0.05) is 71.6 Å². The minimum absolute atomic E-state index is 0. The Morgan fingerprint density at radius 1 is 1.19 bits per heavy atom. The van der Waals surface area contributed by atoms with Crippen LogP contribution < -0.4 is 34.3 Å². The molecule has 9 heteroatoms. The van der Waals surface area contributed by atoms with Crippen LogP contribution >= 0.6 is 32.9 Å². The number of hydrogen-bond donors (Lipinski definition) is 1. The summed E-state index contributed by atoms with van der Waals surface area (Å²) in [4.78, 5) is 1.09. The van der Waals surface area contributed by atoms with Gasteiger partial charge < -0.3 is 6.16 Å². The Morgan fingerprint density at radius 3 is 2.52 bits per heavy atom. The molecule has 0 bridgehead atoms. The number of ether oxygens (including phenoxy) is 1. The van der Waals surface area contributed by atoms with Gasteiger partial charge in [-0.25, -0.2) is 0 Å². The molecular formula is C18H25NaO4S4. The normalized spacial score (nSPS) is 11.2. The van der Waals surface area contributed by atoms with Crippen molar-refractivity contribution in [2.45, 2.75) is 56.8 Å². The van der Waals surface area contributed by atoms with Crippen LogP contribution in [0.3, 0.4) is 0 Å². The Hall–Kier alpha value is 0.200. The fourth-order valence-corrected chi connectivity index (χ4v) is 6.49. The third-order valence-corrected chi connectivity index (χ3v) is 8.37. The topological polar surface area (TPSA) is 63.6 Å². The second kappa shape index (κ2) is 12.0. The minimum Gasteiger partial charge on any atom is -1.00 e. The second-order valence-corrected chi connectivity index (χ2v) is 10.4. The number of unbranched alkanes of at least 4 members (excludes halogenated alkanes) is 4. The van der Waals surface area contributed by atoms with Gasteiger partial charge in [-0.05, 0) is 36.1 Å². The third-order valence-electron chi connectivity index (χ3n) is 4.20. The molecule has 0 spiro atoms. The van der Waals surface area contributed by atoms with Crippen molar-refractivity contribution in [1.29, 1.82) is 0 Å². The monoisotopic (exact) mass is 456 g/mol. The summed E-state index contributed by atoms with van der Waals surface area (Å²) in [7, 11) is 0.363. The van der Waals surface area contributed by atoms with Crippen LogP contribution in [0.5, 0.6) is 5.75 Å². The molecule has 2 aromatic rings. The predicted molar refractivity (Wildman–Crippen MR) is 112 cm³/mol. The maximum absolute atomic E-state index is 11.6. The van der Waals surface area contributed by atoms with Crippen LogP contribution in [0.1, 0.15) is 56.5 Å². The van der Waals surface area contributed by atoms with E-state index in [-0.39, 0.29) is 41.6 Å². The molecule has 0 radical (unpaired) electrons. The van der Waals surface area contributed by atoms with Gasteiger partial charge >= 0.3 is 29.6 Å². The first-order valence-electron chi connectivity index (χ1n) is 8.62. The van der Waals surface area contributed by atoms with E-state index in [0.717, 1.165) is 27.8 Å². The van der Waals surface area contributed by atoms with Crippen LogP contribution in [0.4, 0.5) is 0 Å². The number of aryl methyl sites for hydroxylation is 1. The van der Waals surface area contributed by atoms with Crippen molar-refractivity contribution in [2.24, 2.45) is 0 Å². The van der Waals surface area contributed by atoms with Gasteiger partial charge in [-0.3, -0.25) is 4.55 Å². The zero-order chi connectivity index (χ0) is 19.2. The summed E-state index contributed by atoms with van der Waals surface area (Å²) < 4.78 is 38.5. The molecule has 0 aliphatic carbocycles. The largest absolute Gasteiger partial charge is 1.00 e. The van der Waals surface area contributed by atoms with E-state index >= 15 is 0 Å². The van der Waals surface area contributed by atoms with Crippen LogP contribution in [0.25, 0.3) is 0 Å². The van der Waals surface area contributed by atoms with E-state index in [9.17, 15) is 13.0 Å². The zero-order valence-corrected chi connectivity index (χ0v) is 21.3. The summed E-state index contributed by atoms with van der Waals surface area (Å²) in [5, 5.41) is 0. The van der Waals surface area contributed by atoms with E-state index in [1.807, 2.05) is 6.07 Å². The molecule has 0 unspecified atom stereocenters. The Bertz CT molecular complexity index is 893. The van der Waals surface area contributed by atoms with E-state index in [4.69, 9.17) is 17.0 Å². The summed E-state index contributed by atoms with van der Waals surface area (Å²) in [6.45, 7) is 2.21. The zero-order valence-electron chi connectivity index (χ0n) is 17.0. The molecule has 0 saturated heterocycles. The molecule has 0 atom stereocenters. The molecule has 1 heterocycles. The van der Waals surface area contributed by atoms with Crippen molar-refractivity contribution in [2.75, 3.05) is 7.11 Å². The smallest absolute Gasteiger partial charge is 1.00 e. The van der Waals surface area contributed by atoms with Crippen molar-refractivity contribution >= 4 is 43.0 Å². The first-order valence-corrected chi connectivity index (χ1v) is 12.6. The minimum atomic E-state index is -4.34. The average molecular weight is 457 g/mol. The maximum Gasteiger partial charge on any atom is 1.00 e. The predicted octanol–water partition coefficient (Wildman–Crippen LogP) is 3.01. The molecule has 146 valence electrons. The number of rotatable bonds is 10.